The van der Waals surface area contributed by atoms with E-state index in [0.29, 0.717) is 77.5 Å². The first-order chi connectivity index (χ1) is 32.6. The van der Waals surface area contributed by atoms with Gasteiger partial charge in [-0.1, -0.05) is 57.5 Å². The van der Waals surface area contributed by atoms with Crippen LogP contribution in [-0.4, -0.2) is 101 Å². The van der Waals surface area contributed by atoms with E-state index >= 15 is 0 Å². The summed E-state index contributed by atoms with van der Waals surface area (Å²) in [6.07, 6.45) is 8.63. The third kappa shape index (κ3) is 10.2. The Morgan fingerprint density at radius 2 is 1.78 bits per heavy atom. The van der Waals surface area contributed by atoms with E-state index in [9.17, 15) is 19.6 Å². The molecule has 16 nitrogen and oxygen atoms in total. The fourth-order valence-electron chi connectivity index (χ4n) is 9.74. The largest absolute Gasteiger partial charge is 0.489 e. The van der Waals surface area contributed by atoms with Gasteiger partial charge < -0.3 is 35.5 Å². The highest BCUT2D eigenvalue weighted by atomic mass is 35.5. The minimum atomic E-state index is -0.424. The molecule has 1 aliphatic carbocycles. The van der Waals surface area contributed by atoms with Crippen molar-refractivity contribution in [3.63, 3.8) is 0 Å². The average molecular weight is 941 g/mol. The summed E-state index contributed by atoms with van der Waals surface area (Å²) >= 11 is 6.23. The van der Waals surface area contributed by atoms with E-state index in [1.165, 1.54) is 12.4 Å². The van der Waals surface area contributed by atoms with E-state index < -0.39 is 10.8 Å². The van der Waals surface area contributed by atoms with E-state index in [1.54, 1.807) is 37.4 Å². The number of nitrogens with one attached hydrogen (secondary N) is 3. The predicted molar refractivity (Wildman–Crippen MR) is 256 cm³/mol. The molecular formula is C51H56ClN10O6+. The number of H-pyrrole nitrogens is 1. The Morgan fingerprint density at radius 3 is 2.47 bits per heavy atom. The van der Waals surface area contributed by atoms with Gasteiger partial charge in [-0.15, -0.1) is 0 Å². The zero-order valence-corrected chi connectivity index (χ0v) is 39.7. The van der Waals surface area contributed by atoms with Crippen molar-refractivity contribution in [1.29, 1.82) is 5.26 Å². The highest BCUT2D eigenvalue weighted by Crippen LogP contribution is 2.55. The lowest BCUT2D eigenvalue weighted by atomic mass is 9.49. The first-order valence-corrected chi connectivity index (χ1v) is 23.2. The fraction of sp³-hybridized carbons (Fsp3) is 0.392. The molecule has 3 amide bonds. The van der Waals surface area contributed by atoms with Crippen molar-refractivity contribution in [3.8, 4) is 23.1 Å². The minimum absolute atomic E-state index is 0.00426. The smallest absolute Gasteiger partial charge is 0.316 e. The number of carbonyl (C=O) groups excluding carboxylic acids is 3. The molecule has 5 aromatic rings. The molecule has 3 aliphatic rings. The molecule has 3 fully saturated rings. The Morgan fingerprint density at radius 1 is 1.01 bits per heavy atom. The maximum atomic E-state index is 13.3. The first kappa shape index (κ1) is 47.7. The zero-order chi connectivity index (χ0) is 48.2. The molecule has 1 saturated carbocycles. The Kier molecular flexibility index (Phi) is 14.2. The van der Waals surface area contributed by atoms with Gasteiger partial charge in [0.25, 0.3) is 11.6 Å². The molecular weight excluding hydrogens is 884 g/mol. The van der Waals surface area contributed by atoms with Crippen LogP contribution in [0.2, 0.25) is 5.02 Å². The molecule has 0 atom stereocenters. The number of aromatic nitrogens is 4. The topological polar surface area (TPSA) is 221 Å². The van der Waals surface area contributed by atoms with Crippen LogP contribution >= 0.6 is 11.6 Å². The number of hydrogen-bond acceptors (Lipinski definition) is 12. The van der Waals surface area contributed by atoms with Crippen LogP contribution in [-0.2, 0) is 20.9 Å². The quantitative estimate of drug-likeness (QED) is 0.114. The van der Waals surface area contributed by atoms with Crippen LogP contribution in [0.15, 0.2) is 90.0 Å². The fourth-order valence-corrected chi connectivity index (χ4v) is 9.96. The zero-order valence-electron chi connectivity index (χ0n) is 38.9. The maximum absolute atomic E-state index is 13.3. The summed E-state index contributed by atoms with van der Waals surface area (Å²) in [6.45, 7) is 12.7. The number of piperidine rings is 1. The van der Waals surface area contributed by atoms with Gasteiger partial charge in [0, 0.05) is 122 Å². The second-order valence-electron chi connectivity index (χ2n) is 18.6. The van der Waals surface area contributed by atoms with Crippen molar-refractivity contribution >= 4 is 51.5 Å². The van der Waals surface area contributed by atoms with Crippen LogP contribution in [0.3, 0.4) is 0 Å². The maximum Gasteiger partial charge on any atom is 0.316 e. The van der Waals surface area contributed by atoms with Crippen molar-refractivity contribution in [2.45, 2.75) is 78.7 Å². The summed E-state index contributed by atoms with van der Waals surface area (Å²) < 4.78 is 17.6. The molecule has 2 aromatic carbocycles. The SMILES string of the molecule is CC(=O)N1CCC(=NC2CCOCC2)/C(=C(\N)c2cccc3cc(-c4ccc(C(=O)NCCOCc5ncc(C(=O)NC6C(C)(C)C(Oc7ccc(C#N)c(Cl)c7)C6(C)C)cn5)[nH+]c4)ncc23)C1. The molecule has 2 saturated heterocycles. The Balaban J connectivity index is 0.817. The normalized spacial score (nSPS) is 20.2. The molecule has 0 unspecified atom stereocenters. The number of halogens is 1. The number of likely N-dealkylation sites (tertiary alicyclic amines) is 1. The molecule has 2 aliphatic heterocycles. The predicted octanol–water partition coefficient (Wildman–Crippen LogP) is 6.13. The number of nitrogens with zero attached hydrogens (tertiary/aromatic N) is 6. The lowest BCUT2D eigenvalue weighted by Gasteiger charge is -2.63. The standard InChI is InChI=1S/C51H55ClN10O6/c1-30(63)62-17-13-41(60-35-14-18-66-19-15-35)39(28-62)45(54)37-8-6-7-31-21-43(57-27-38(31)37)33-10-12-42(56-24-33)47(65)55-16-20-67-29-44-58-25-34(26-59-44)46(64)61-48-50(2,3)49(51(48,4)5)68-36-11-9-32(23-53)40(52)22-36/h6-12,21-22,24-27,35,48-49H,13-20,28-29,54H2,1-5H3,(H,55,65)(H,61,64)/p+1/b45-39-,60-41?. The molecule has 5 N–H and O–H groups in total. The van der Waals surface area contributed by atoms with Gasteiger partial charge in [0.15, 0.2) is 12.0 Å². The number of benzene rings is 2. The van der Waals surface area contributed by atoms with Crippen LogP contribution in [0.1, 0.15) is 91.7 Å². The average Bonchev–Trinajstić information content (AvgIpc) is 3.34. The van der Waals surface area contributed by atoms with Gasteiger partial charge in [-0.05, 0) is 42.5 Å². The van der Waals surface area contributed by atoms with Gasteiger partial charge >= 0.3 is 5.91 Å². The summed E-state index contributed by atoms with van der Waals surface area (Å²) in [5, 5.41) is 17.4. The van der Waals surface area contributed by atoms with Crippen LogP contribution in [0.25, 0.3) is 27.7 Å². The van der Waals surface area contributed by atoms with Gasteiger partial charge in [0.2, 0.25) is 5.91 Å². The highest BCUT2D eigenvalue weighted by Gasteiger charge is 2.64. The van der Waals surface area contributed by atoms with Gasteiger partial charge in [-0.25, -0.2) is 15.0 Å². The van der Waals surface area contributed by atoms with Crippen LogP contribution in [0, 0.1) is 22.2 Å². The van der Waals surface area contributed by atoms with Crippen molar-refractivity contribution in [3.05, 3.63) is 118 Å². The molecule has 0 bridgehead atoms. The second-order valence-corrected chi connectivity index (χ2v) is 19.0. The molecule has 0 spiro atoms. The van der Waals surface area contributed by atoms with E-state index in [-0.39, 0.29) is 55.7 Å². The highest BCUT2D eigenvalue weighted by molar-refractivity contribution is 6.31. The molecule has 0 radical (unpaired) electrons. The Hall–Kier alpha value is -6.80. The van der Waals surface area contributed by atoms with Crippen molar-refractivity contribution in [2.75, 3.05) is 39.5 Å². The third-order valence-corrected chi connectivity index (χ3v) is 13.5. The van der Waals surface area contributed by atoms with Crippen molar-refractivity contribution in [2.24, 2.45) is 21.6 Å². The molecule has 5 heterocycles. The number of rotatable bonds is 13. The third-order valence-electron chi connectivity index (χ3n) is 13.2. The molecule has 68 heavy (non-hydrogen) atoms. The summed E-state index contributed by atoms with van der Waals surface area (Å²) in [5.74, 6) is 0.353. The lowest BCUT2D eigenvalue weighted by molar-refractivity contribution is -0.381. The van der Waals surface area contributed by atoms with Gasteiger partial charge in [-0.2, -0.15) is 5.26 Å². The number of ether oxygens (including phenoxy) is 3. The summed E-state index contributed by atoms with van der Waals surface area (Å²) in [5.41, 5.74) is 11.9. The number of carbonyl (C=O) groups is 3. The van der Waals surface area contributed by atoms with Gasteiger partial charge in [-0.3, -0.25) is 24.4 Å². The molecule has 3 aromatic heterocycles. The van der Waals surface area contributed by atoms with Gasteiger partial charge in [0.05, 0.1) is 40.1 Å². The summed E-state index contributed by atoms with van der Waals surface area (Å²) in [6, 6.07) is 18.5. The van der Waals surface area contributed by atoms with Crippen molar-refractivity contribution < 1.29 is 33.6 Å². The number of fused-ring (bicyclic) bond motifs is 1. The van der Waals surface area contributed by atoms with E-state index in [2.05, 4.69) is 31.7 Å². The summed E-state index contributed by atoms with van der Waals surface area (Å²) in [4.78, 5) is 62.2. The van der Waals surface area contributed by atoms with Crippen LogP contribution in [0.5, 0.6) is 5.75 Å². The number of nitriles is 1. The summed E-state index contributed by atoms with van der Waals surface area (Å²) in [7, 11) is 0. The van der Waals surface area contributed by atoms with Crippen LogP contribution < -0.4 is 26.1 Å². The molecule has 17 heteroatoms. The minimum Gasteiger partial charge on any atom is -0.489 e. The number of aliphatic imine (C=N–C) groups is 1. The Bertz CT molecular complexity index is 2800. The number of nitrogens with two attached hydrogens (primary N) is 1. The van der Waals surface area contributed by atoms with Crippen molar-refractivity contribution in [1.82, 2.24) is 30.5 Å². The van der Waals surface area contributed by atoms with E-state index in [0.717, 1.165) is 46.0 Å². The van der Waals surface area contributed by atoms with E-state index in [1.807, 2.05) is 69.1 Å². The number of amides is 3. The lowest BCUT2D eigenvalue weighted by Crippen LogP contribution is -2.74. The number of hydrogen-bond donors (Lipinski definition) is 3. The molecule has 352 valence electrons. The first-order valence-electron chi connectivity index (χ1n) is 22.8. The second kappa shape index (κ2) is 20.2. The van der Waals surface area contributed by atoms with Crippen LogP contribution in [0.4, 0.5) is 0 Å². The number of aromatic amines is 1. The Labute approximate surface area is 400 Å². The van der Waals surface area contributed by atoms with Gasteiger partial charge in [0.1, 0.15) is 24.5 Å². The monoisotopic (exact) mass is 939 g/mol. The van der Waals surface area contributed by atoms with E-state index in [4.69, 9.17) is 41.5 Å². The molecule has 8 rings (SSSR count). The number of pyridine rings is 2.